The smallest absolute Gasteiger partial charge is 0.254 e. The van der Waals surface area contributed by atoms with Crippen LogP contribution < -0.4 is 4.74 Å². The molecule has 4 atom stereocenters. The molecule has 2 amide bonds. The normalized spacial score (nSPS) is 29.3. The van der Waals surface area contributed by atoms with E-state index in [1.807, 2.05) is 12.2 Å². The summed E-state index contributed by atoms with van der Waals surface area (Å²) in [5.74, 6) is -0.773. The van der Waals surface area contributed by atoms with Gasteiger partial charge in [0, 0.05) is 10.0 Å². The van der Waals surface area contributed by atoms with Gasteiger partial charge in [0.05, 0.1) is 24.7 Å². The summed E-state index contributed by atoms with van der Waals surface area (Å²) in [6.07, 6.45) is 6.33. The zero-order valence-electron chi connectivity index (χ0n) is 13.9. The summed E-state index contributed by atoms with van der Waals surface area (Å²) in [5, 5.41) is 15.2. The van der Waals surface area contributed by atoms with Crippen molar-refractivity contribution < 1.29 is 19.4 Å². The molecule has 1 saturated carbocycles. The Kier molecular flexibility index (Phi) is 4.31. The van der Waals surface area contributed by atoms with Crippen LogP contribution in [0.2, 0.25) is 5.02 Å². The fourth-order valence-electron chi connectivity index (χ4n) is 4.09. The topological polar surface area (TPSA) is 79.2 Å². The van der Waals surface area contributed by atoms with Crippen LogP contribution in [0.25, 0.3) is 0 Å². The number of nitrogens with zero attached hydrogens (tertiary/aromatic N) is 2. The summed E-state index contributed by atoms with van der Waals surface area (Å²) in [7, 11) is 0. The number of allylic oxidation sites excluding steroid dienone is 2. The summed E-state index contributed by atoms with van der Waals surface area (Å²) in [6.45, 7) is 2.14. The average molecular weight is 440 g/mol. The number of phenols is 1. The maximum absolute atomic E-state index is 12.6. The molecule has 1 aromatic rings. The van der Waals surface area contributed by atoms with Crippen LogP contribution in [-0.4, -0.2) is 34.8 Å². The van der Waals surface area contributed by atoms with Crippen LogP contribution in [0.15, 0.2) is 27.8 Å². The molecule has 136 valence electrons. The predicted molar refractivity (Wildman–Crippen MR) is 99.1 cm³/mol. The van der Waals surface area contributed by atoms with Crippen molar-refractivity contribution in [3.63, 3.8) is 0 Å². The number of ether oxygens (including phenoxy) is 1. The van der Waals surface area contributed by atoms with Crippen molar-refractivity contribution >= 4 is 45.6 Å². The van der Waals surface area contributed by atoms with Gasteiger partial charge in [0.15, 0.2) is 11.5 Å². The third kappa shape index (κ3) is 2.48. The van der Waals surface area contributed by atoms with Gasteiger partial charge in [0.2, 0.25) is 0 Å². The van der Waals surface area contributed by atoms with Gasteiger partial charge < -0.3 is 9.84 Å². The van der Waals surface area contributed by atoms with E-state index in [0.717, 1.165) is 11.4 Å². The lowest BCUT2D eigenvalue weighted by molar-refractivity contribution is -0.140. The molecule has 2 fully saturated rings. The van der Waals surface area contributed by atoms with Gasteiger partial charge in [0.25, 0.3) is 11.8 Å². The molecule has 8 heteroatoms. The molecule has 0 aromatic heterocycles. The van der Waals surface area contributed by atoms with Gasteiger partial charge in [-0.3, -0.25) is 9.59 Å². The van der Waals surface area contributed by atoms with E-state index in [1.165, 1.54) is 6.21 Å². The Hall–Kier alpha value is -1.86. The molecule has 1 heterocycles. The highest BCUT2D eigenvalue weighted by Gasteiger charge is 2.59. The molecular formula is C18H16BrClN2O4. The number of hydrogen-bond donors (Lipinski definition) is 1. The SMILES string of the molecule is CCOc1cc(C=NN2C(=O)[C@@H]3[C@H](C2=O)[C@H]2C=C[C@H]3C2)c(Br)c(Cl)c1O. The van der Waals surface area contributed by atoms with Gasteiger partial charge in [-0.2, -0.15) is 10.1 Å². The maximum Gasteiger partial charge on any atom is 0.254 e. The van der Waals surface area contributed by atoms with Crippen LogP contribution in [0.5, 0.6) is 11.5 Å². The molecule has 1 N–H and O–H groups in total. The minimum Gasteiger partial charge on any atom is -0.503 e. The lowest BCUT2D eigenvalue weighted by Gasteiger charge is -2.13. The van der Waals surface area contributed by atoms with Crippen molar-refractivity contribution in [1.82, 2.24) is 5.01 Å². The van der Waals surface area contributed by atoms with E-state index in [2.05, 4.69) is 21.0 Å². The molecule has 0 spiro atoms. The van der Waals surface area contributed by atoms with Crippen LogP contribution >= 0.6 is 27.5 Å². The number of hydrazone groups is 1. The molecule has 6 nitrogen and oxygen atoms in total. The third-order valence-corrected chi connectivity index (χ3v) is 6.68. The number of benzene rings is 1. The van der Waals surface area contributed by atoms with Gasteiger partial charge in [0.1, 0.15) is 5.02 Å². The number of carbonyl (C=O) groups is 2. The van der Waals surface area contributed by atoms with E-state index in [1.54, 1.807) is 13.0 Å². The van der Waals surface area contributed by atoms with Crippen molar-refractivity contribution in [1.29, 1.82) is 0 Å². The minimum atomic E-state index is -0.291. The van der Waals surface area contributed by atoms with Crippen molar-refractivity contribution in [2.75, 3.05) is 6.61 Å². The molecule has 0 unspecified atom stereocenters. The Morgan fingerprint density at radius 1 is 1.35 bits per heavy atom. The molecular weight excluding hydrogens is 424 g/mol. The van der Waals surface area contributed by atoms with E-state index in [0.29, 0.717) is 16.6 Å². The number of aromatic hydroxyl groups is 1. The number of phenolic OH excluding ortho intramolecular Hbond substituents is 1. The monoisotopic (exact) mass is 438 g/mol. The number of imide groups is 1. The number of halogens is 2. The zero-order valence-corrected chi connectivity index (χ0v) is 16.2. The number of carbonyl (C=O) groups excluding carboxylic acids is 2. The molecule has 26 heavy (non-hydrogen) atoms. The number of amides is 2. The van der Waals surface area contributed by atoms with Crippen LogP contribution in [-0.2, 0) is 9.59 Å². The first-order valence-electron chi connectivity index (χ1n) is 8.38. The summed E-state index contributed by atoms with van der Waals surface area (Å²) < 4.78 is 5.76. The lowest BCUT2D eigenvalue weighted by Crippen LogP contribution is -2.28. The van der Waals surface area contributed by atoms with E-state index in [-0.39, 0.29) is 52.0 Å². The first kappa shape index (κ1) is 17.5. The maximum atomic E-state index is 12.6. The quantitative estimate of drug-likeness (QED) is 0.443. The van der Waals surface area contributed by atoms with E-state index >= 15 is 0 Å². The van der Waals surface area contributed by atoms with Crippen molar-refractivity contribution in [3.8, 4) is 11.5 Å². The van der Waals surface area contributed by atoms with Gasteiger partial charge in [-0.25, -0.2) is 0 Å². The molecule has 2 bridgehead atoms. The molecule has 1 aliphatic heterocycles. The highest BCUT2D eigenvalue weighted by molar-refractivity contribution is 9.10. The van der Waals surface area contributed by atoms with Crippen molar-refractivity contribution in [3.05, 3.63) is 33.3 Å². The van der Waals surface area contributed by atoms with E-state index in [4.69, 9.17) is 16.3 Å². The summed E-state index contributed by atoms with van der Waals surface area (Å²) in [5.41, 5.74) is 0.495. The minimum absolute atomic E-state index is 0.0792. The van der Waals surface area contributed by atoms with E-state index in [9.17, 15) is 14.7 Å². The Morgan fingerprint density at radius 3 is 2.54 bits per heavy atom. The van der Waals surface area contributed by atoms with Crippen molar-refractivity contribution in [2.24, 2.45) is 28.8 Å². The fourth-order valence-corrected chi connectivity index (χ4v) is 4.70. The summed E-state index contributed by atoms with van der Waals surface area (Å²) in [4.78, 5) is 25.3. The second kappa shape index (κ2) is 6.39. The summed E-state index contributed by atoms with van der Waals surface area (Å²) in [6, 6.07) is 1.55. The number of fused-ring (bicyclic) bond motifs is 5. The standard InChI is InChI=1S/C18H16BrClN2O4/c1-2-26-11-6-10(14(19)15(20)16(11)23)7-21-22-17(24)12-8-3-4-9(5-8)13(12)18(22)25/h3-4,6-9,12-13,23H,2,5H2,1H3/t8-,9-,12-,13+/m0/s1. The van der Waals surface area contributed by atoms with E-state index < -0.39 is 0 Å². The van der Waals surface area contributed by atoms with Crippen LogP contribution in [0, 0.1) is 23.7 Å². The Morgan fingerprint density at radius 2 is 1.96 bits per heavy atom. The first-order chi connectivity index (χ1) is 12.4. The van der Waals surface area contributed by atoms with Gasteiger partial charge in [-0.15, -0.1) is 0 Å². The molecule has 2 aliphatic carbocycles. The predicted octanol–water partition coefficient (Wildman–Crippen LogP) is 3.35. The average Bonchev–Trinajstić information content (AvgIpc) is 3.30. The second-order valence-electron chi connectivity index (χ2n) is 6.61. The van der Waals surface area contributed by atoms with Crippen LogP contribution in [0.3, 0.4) is 0 Å². The van der Waals surface area contributed by atoms with Crippen molar-refractivity contribution in [2.45, 2.75) is 13.3 Å². The highest BCUT2D eigenvalue weighted by Crippen LogP contribution is 2.52. The van der Waals surface area contributed by atoms with Gasteiger partial charge in [-0.05, 0) is 47.2 Å². The summed E-state index contributed by atoms with van der Waals surface area (Å²) >= 11 is 9.40. The molecule has 1 saturated heterocycles. The van der Waals surface area contributed by atoms with Gasteiger partial charge >= 0.3 is 0 Å². The van der Waals surface area contributed by atoms with Crippen LogP contribution in [0.4, 0.5) is 0 Å². The molecule has 3 aliphatic rings. The largest absolute Gasteiger partial charge is 0.503 e. The highest BCUT2D eigenvalue weighted by atomic mass is 79.9. The second-order valence-corrected chi connectivity index (χ2v) is 7.78. The number of rotatable bonds is 4. The Balaban J connectivity index is 1.63. The fraction of sp³-hybridized carbons (Fsp3) is 0.389. The number of hydrogen-bond acceptors (Lipinski definition) is 5. The molecule has 0 radical (unpaired) electrons. The van der Waals surface area contributed by atoms with Gasteiger partial charge in [-0.1, -0.05) is 23.8 Å². The Bertz CT molecular complexity index is 839. The Labute approximate surface area is 163 Å². The van der Waals surface area contributed by atoms with Crippen LogP contribution in [0.1, 0.15) is 18.9 Å². The molecule has 1 aromatic carbocycles. The molecule has 4 rings (SSSR count). The zero-order chi connectivity index (χ0) is 18.6. The third-order valence-electron chi connectivity index (χ3n) is 5.23. The lowest BCUT2D eigenvalue weighted by atomic mass is 9.85. The first-order valence-corrected chi connectivity index (χ1v) is 9.55.